The van der Waals surface area contributed by atoms with Gasteiger partial charge in [-0.15, -0.1) is 0 Å². The van der Waals surface area contributed by atoms with Crippen molar-refractivity contribution in [3.63, 3.8) is 0 Å². The highest BCUT2D eigenvalue weighted by Gasteiger charge is 2.20. The molecule has 172 valence electrons. The number of halogens is 2. The lowest BCUT2D eigenvalue weighted by molar-refractivity contribution is 0.0600. The normalized spacial score (nSPS) is 11.0. The summed E-state index contributed by atoms with van der Waals surface area (Å²) < 4.78 is 44.4. The molecule has 0 atom stereocenters. The Morgan fingerprint density at radius 2 is 1.67 bits per heavy atom. The third kappa shape index (κ3) is 5.88. The number of carbonyl (C=O) groups excluding carboxylic acids is 2. The zero-order chi connectivity index (χ0) is 24.2. The first-order valence-corrected chi connectivity index (χ1v) is 11.8. The number of methoxy groups -OCH3 is 1. The van der Waals surface area contributed by atoms with Gasteiger partial charge in [-0.3, -0.25) is 9.10 Å². The number of benzene rings is 3. The molecule has 0 aliphatic rings. The number of anilines is 2. The Morgan fingerprint density at radius 3 is 2.27 bits per heavy atom. The van der Waals surface area contributed by atoms with Crippen molar-refractivity contribution >= 4 is 44.9 Å². The van der Waals surface area contributed by atoms with Crippen molar-refractivity contribution in [1.82, 2.24) is 0 Å². The van der Waals surface area contributed by atoms with Gasteiger partial charge in [-0.2, -0.15) is 0 Å². The minimum Gasteiger partial charge on any atom is -0.465 e. The second-order valence-electron chi connectivity index (χ2n) is 7.05. The van der Waals surface area contributed by atoms with Crippen LogP contribution in [0, 0.1) is 5.82 Å². The maximum atomic E-state index is 14.1. The Kier molecular flexibility index (Phi) is 7.35. The topological polar surface area (TPSA) is 92.8 Å². The van der Waals surface area contributed by atoms with E-state index in [-0.39, 0.29) is 39.6 Å². The molecule has 0 radical (unpaired) electrons. The summed E-state index contributed by atoms with van der Waals surface area (Å²) >= 11 is 6.11. The Bertz CT molecular complexity index is 1300. The van der Waals surface area contributed by atoms with Crippen molar-refractivity contribution in [2.45, 2.75) is 6.54 Å². The lowest BCUT2D eigenvalue weighted by atomic mass is 10.1. The van der Waals surface area contributed by atoms with Crippen LogP contribution in [0.5, 0.6) is 0 Å². The highest BCUT2D eigenvalue weighted by Crippen LogP contribution is 2.26. The van der Waals surface area contributed by atoms with Gasteiger partial charge in [0.25, 0.3) is 5.91 Å². The monoisotopic (exact) mass is 490 g/mol. The number of nitrogens with one attached hydrogen (secondary N) is 1. The number of nitrogens with zero attached hydrogens (tertiary/aromatic N) is 1. The minimum atomic E-state index is -3.73. The molecule has 1 N–H and O–H groups in total. The van der Waals surface area contributed by atoms with Crippen LogP contribution in [0.2, 0.25) is 5.02 Å². The van der Waals surface area contributed by atoms with E-state index in [9.17, 15) is 22.4 Å². The lowest BCUT2D eigenvalue weighted by Crippen LogP contribution is -2.29. The molecule has 0 spiro atoms. The van der Waals surface area contributed by atoms with Crippen LogP contribution in [0.15, 0.2) is 66.7 Å². The zero-order valence-electron chi connectivity index (χ0n) is 17.7. The molecule has 0 saturated carbocycles. The van der Waals surface area contributed by atoms with Crippen LogP contribution < -0.4 is 9.62 Å². The number of amides is 1. The van der Waals surface area contributed by atoms with E-state index in [1.807, 2.05) is 0 Å². The van der Waals surface area contributed by atoms with E-state index in [4.69, 9.17) is 11.6 Å². The van der Waals surface area contributed by atoms with Gasteiger partial charge in [0, 0.05) is 11.1 Å². The molecule has 7 nitrogen and oxygen atoms in total. The molecule has 0 saturated heterocycles. The fraction of sp³-hybridized carbons (Fsp3) is 0.130. The van der Waals surface area contributed by atoms with Crippen molar-refractivity contribution in [2.24, 2.45) is 0 Å². The number of ether oxygens (including phenoxy) is 1. The van der Waals surface area contributed by atoms with E-state index in [0.717, 1.165) is 10.6 Å². The van der Waals surface area contributed by atoms with E-state index in [2.05, 4.69) is 10.1 Å². The molecule has 0 fully saturated rings. The van der Waals surface area contributed by atoms with Crippen molar-refractivity contribution < 1.29 is 27.1 Å². The van der Waals surface area contributed by atoms with Gasteiger partial charge >= 0.3 is 5.97 Å². The van der Waals surface area contributed by atoms with E-state index >= 15 is 0 Å². The van der Waals surface area contributed by atoms with Crippen LogP contribution in [-0.2, 0) is 21.3 Å². The van der Waals surface area contributed by atoms with Crippen LogP contribution >= 0.6 is 11.6 Å². The van der Waals surface area contributed by atoms with Gasteiger partial charge in [0.2, 0.25) is 10.0 Å². The molecule has 0 aliphatic heterocycles. The quantitative estimate of drug-likeness (QED) is 0.493. The maximum absolute atomic E-state index is 14.1. The third-order valence-corrected chi connectivity index (χ3v) is 6.20. The van der Waals surface area contributed by atoms with Crippen LogP contribution in [0.1, 0.15) is 26.3 Å². The SMILES string of the molecule is COC(=O)c1ccc(Cl)c(NC(=O)c2ccc(N(Cc3ccccc3F)S(C)(=O)=O)cc2)c1. The van der Waals surface area contributed by atoms with Crippen LogP contribution in [0.4, 0.5) is 15.8 Å². The molecular formula is C23H20ClFN2O5S. The molecule has 0 aliphatic carbocycles. The zero-order valence-corrected chi connectivity index (χ0v) is 19.3. The highest BCUT2D eigenvalue weighted by molar-refractivity contribution is 7.92. The standard InChI is InChI=1S/C23H20ClFN2O5S/c1-32-23(29)16-9-12-19(24)21(13-16)26-22(28)15-7-10-18(11-8-15)27(33(2,30)31)14-17-5-3-4-6-20(17)25/h3-13H,14H2,1-2H3,(H,26,28). The van der Waals surface area contributed by atoms with Crippen LogP contribution in [0.3, 0.4) is 0 Å². The highest BCUT2D eigenvalue weighted by atomic mass is 35.5. The maximum Gasteiger partial charge on any atom is 0.337 e. The molecule has 0 unspecified atom stereocenters. The Morgan fingerprint density at radius 1 is 1.03 bits per heavy atom. The van der Waals surface area contributed by atoms with Crippen molar-refractivity contribution in [3.05, 3.63) is 94.3 Å². The van der Waals surface area contributed by atoms with E-state index in [0.29, 0.717) is 0 Å². The van der Waals surface area contributed by atoms with Gasteiger partial charge in [-0.1, -0.05) is 29.8 Å². The molecule has 33 heavy (non-hydrogen) atoms. The summed E-state index contributed by atoms with van der Waals surface area (Å²) in [4.78, 5) is 24.4. The number of sulfonamides is 1. The van der Waals surface area contributed by atoms with Crippen LogP contribution in [-0.4, -0.2) is 33.7 Å². The largest absolute Gasteiger partial charge is 0.465 e. The molecule has 1 amide bonds. The summed E-state index contributed by atoms with van der Waals surface area (Å²) in [5.41, 5.74) is 1.13. The average molecular weight is 491 g/mol. The van der Waals surface area contributed by atoms with Crippen molar-refractivity contribution in [2.75, 3.05) is 23.0 Å². The predicted molar refractivity (Wildman–Crippen MR) is 125 cm³/mol. The molecule has 0 heterocycles. The van der Waals surface area contributed by atoms with Crippen molar-refractivity contribution in [1.29, 1.82) is 0 Å². The summed E-state index contributed by atoms with van der Waals surface area (Å²) in [6.07, 6.45) is 1.02. The summed E-state index contributed by atoms with van der Waals surface area (Å²) in [7, 11) is -2.49. The lowest BCUT2D eigenvalue weighted by Gasteiger charge is -2.23. The van der Waals surface area contributed by atoms with Gasteiger partial charge in [0.1, 0.15) is 5.82 Å². The first-order chi connectivity index (χ1) is 15.6. The van der Waals surface area contributed by atoms with E-state index < -0.39 is 27.7 Å². The van der Waals surface area contributed by atoms with E-state index in [1.165, 1.54) is 67.8 Å². The molecule has 3 aromatic carbocycles. The van der Waals surface area contributed by atoms with Crippen molar-refractivity contribution in [3.8, 4) is 0 Å². The second kappa shape index (κ2) is 10.0. The first-order valence-electron chi connectivity index (χ1n) is 9.60. The van der Waals surface area contributed by atoms with Gasteiger partial charge < -0.3 is 10.1 Å². The molecule has 3 rings (SSSR count). The summed E-state index contributed by atoms with van der Waals surface area (Å²) in [5.74, 6) is -1.62. The second-order valence-corrected chi connectivity index (χ2v) is 9.36. The molecule has 0 aromatic heterocycles. The fourth-order valence-electron chi connectivity index (χ4n) is 3.02. The number of esters is 1. The molecule has 10 heteroatoms. The van der Waals surface area contributed by atoms with Gasteiger partial charge in [-0.05, 0) is 48.5 Å². The summed E-state index contributed by atoms with van der Waals surface area (Å²) in [6.45, 7) is -0.201. The van der Waals surface area contributed by atoms with Gasteiger partial charge in [0.15, 0.2) is 0 Å². The first kappa shape index (κ1) is 24.2. The summed E-state index contributed by atoms with van der Waals surface area (Å²) in [6, 6.07) is 16.0. The predicted octanol–water partition coefficient (Wildman–Crippen LogP) is 4.48. The number of hydrogen-bond donors (Lipinski definition) is 1. The smallest absolute Gasteiger partial charge is 0.337 e. The van der Waals surface area contributed by atoms with E-state index in [1.54, 1.807) is 6.07 Å². The number of carbonyl (C=O) groups is 2. The van der Waals surface area contributed by atoms with Gasteiger partial charge in [-0.25, -0.2) is 17.6 Å². The average Bonchev–Trinajstić information content (AvgIpc) is 2.78. The Labute approximate surface area is 195 Å². The molecule has 3 aromatic rings. The van der Waals surface area contributed by atoms with Crippen LogP contribution in [0.25, 0.3) is 0 Å². The number of hydrogen-bond acceptors (Lipinski definition) is 5. The summed E-state index contributed by atoms with van der Waals surface area (Å²) in [5, 5.41) is 2.83. The molecular weight excluding hydrogens is 471 g/mol. The molecule has 0 bridgehead atoms. The third-order valence-electron chi connectivity index (χ3n) is 4.73. The minimum absolute atomic E-state index is 0.201. The number of rotatable bonds is 7. The van der Waals surface area contributed by atoms with Gasteiger partial charge in [0.05, 0.1) is 41.9 Å². The Balaban J connectivity index is 1.83. The Hall–Kier alpha value is -3.43. The fourth-order valence-corrected chi connectivity index (χ4v) is 4.06.